The molecule has 0 spiro atoms. The minimum absolute atomic E-state index is 0.129. The smallest absolute Gasteiger partial charge is 0.270 e. The second kappa shape index (κ2) is 6.29. The molecule has 0 saturated heterocycles. The summed E-state index contributed by atoms with van der Waals surface area (Å²) in [6, 6.07) is 12.7. The van der Waals surface area contributed by atoms with Crippen molar-refractivity contribution < 1.29 is 9.72 Å². The summed E-state index contributed by atoms with van der Waals surface area (Å²) in [5, 5.41) is 21.4. The van der Waals surface area contributed by atoms with Crippen LogP contribution in [0.1, 0.15) is 10.4 Å². The third-order valence-corrected chi connectivity index (χ3v) is 3.41. The summed E-state index contributed by atoms with van der Waals surface area (Å²) < 4.78 is 1.77. The van der Waals surface area contributed by atoms with E-state index in [2.05, 4.69) is 15.5 Å². The van der Waals surface area contributed by atoms with E-state index in [0.29, 0.717) is 11.5 Å². The second-order valence-corrected chi connectivity index (χ2v) is 5.11. The van der Waals surface area contributed by atoms with Gasteiger partial charge in [0.25, 0.3) is 11.6 Å². The number of anilines is 1. The topological polar surface area (TPSA) is 103 Å². The van der Waals surface area contributed by atoms with Crippen LogP contribution in [0.15, 0.2) is 54.9 Å². The van der Waals surface area contributed by atoms with Crippen LogP contribution in [0.5, 0.6) is 0 Å². The zero-order chi connectivity index (χ0) is 17.1. The van der Waals surface area contributed by atoms with Gasteiger partial charge >= 0.3 is 0 Å². The Balaban J connectivity index is 1.84. The molecule has 2 aromatic carbocycles. The number of hydrogen-bond acceptors (Lipinski definition) is 5. The summed E-state index contributed by atoms with van der Waals surface area (Å²) in [4.78, 5) is 22.6. The van der Waals surface area contributed by atoms with E-state index in [-0.39, 0.29) is 11.3 Å². The maximum absolute atomic E-state index is 12.3. The number of nitrogens with one attached hydrogen (secondary N) is 1. The first-order chi connectivity index (χ1) is 11.5. The number of carbonyl (C=O) groups is 1. The number of carbonyl (C=O) groups excluding carboxylic acids is 1. The largest absolute Gasteiger partial charge is 0.322 e. The maximum Gasteiger partial charge on any atom is 0.270 e. The average molecular weight is 323 g/mol. The van der Waals surface area contributed by atoms with E-state index >= 15 is 0 Å². The van der Waals surface area contributed by atoms with Crippen LogP contribution in [0.3, 0.4) is 0 Å². The summed E-state index contributed by atoms with van der Waals surface area (Å²) in [6.45, 7) is 0. The van der Waals surface area contributed by atoms with E-state index in [1.165, 1.54) is 24.3 Å². The van der Waals surface area contributed by atoms with Gasteiger partial charge in [-0.15, -0.1) is 10.2 Å². The number of aryl methyl sites for hydroxylation is 1. The molecule has 0 aliphatic carbocycles. The van der Waals surface area contributed by atoms with Crippen molar-refractivity contribution in [2.75, 3.05) is 5.32 Å². The molecule has 0 radical (unpaired) electrons. The summed E-state index contributed by atoms with van der Waals surface area (Å²) in [6.07, 6.45) is 1.59. The molecule has 0 fully saturated rings. The summed E-state index contributed by atoms with van der Waals surface area (Å²) in [7, 11) is 1.82. The van der Waals surface area contributed by atoms with Gasteiger partial charge in [0.2, 0.25) is 0 Å². The van der Waals surface area contributed by atoms with E-state index < -0.39 is 10.8 Å². The first-order valence-electron chi connectivity index (χ1n) is 7.05. The molecule has 24 heavy (non-hydrogen) atoms. The van der Waals surface area contributed by atoms with Crippen LogP contribution in [0.4, 0.5) is 11.4 Å². The molecular formula is C16H13N5O3. The highest BCUT2D eigenvalue weighted by Gasteiger charge is 2.12. The van der Waals surface area contributed by atoms with Gasteiger partial charge in [-0.2, -0.15) is 0 Å². The number of hydrogen-bond donors (Lipinski definition) is 1. The number of nitro groups is 1. The third kappa shape index (κ3) is 3.12. The van der Waals surface area contributed by atoms with Gasteiger partial charge in [-0.25, -0.2) is 0 Å². The predicted molar refractivity (Wildman–Crippen MR) is 87.5 cm³/mol. The van der Waals surface area contributed by atoms with Gasteiger partial charge in [-0.05, 0) is 18.2 Å². The van der Waals surface area contributed by atoms with Gasteiger partial charge in [0.05, 0.1) is 4.92 Å². The van der Waals surface area contributed by atoms with Crippen LogP contribution in [0.2, 0.25) is 0 Å². The number of nitrogens with zero attached hydrogens (tertiary/aromatic N) is 4. The van der Waals surface area contributed by atoms with Crippen molar-refractivity contribution >= 4 is 17.3 Å². The number of rotatable bonds is 4. The van der Waals surface area contributed by atoms with Crippen molar-refractivity contribution in [3.8, 4) is 11.4 Å². The number of benzene rings is 2. The number of amides is 1. The zero-order valence-electron chi connectivity index (χ0n) is 12.7. The molecule has 0 aliphatic rings. The van der Waals surface area contributed by atoms with Crippen LogP contribution in [-0.2, 0) is 7.05 Å². The molecule has 0 saturated carbocycles. The monoisotopic (exact) mass is 323 g/mol. The van der Waals surface area contributed by atoms with E-state index in [1.807, 2.05) is 13.1 Å². The van der Waals surface area contributed by atoms with Gasteiger partial charge in [0.15, 0.2) is 5.82 Å². The molecule has 1 heterocycles. The Kier molecular flexibility index (Phi) is 4.02. The lowest BCUT2D eigenvalue weighted by Gasteiger charge is -2.07. The molecule has 0 bridgehead atoms. The first-order valence-corrected chi connectivity index (χ1v) is 7.05. The lowest BCUT2D eigenvalue weighted by molar-refractivity contribution is -0.384. The zero-order valence-corrected chi connectivity index (χ0v) is 12.7. The molecule has 0 unspecified atom stereocenters. The molecule has 120 valence electrons. The molecule has 3 aromatic rings. The highest BCUT2D eigenvalue weighted by Crippen LogP contribution is 2.21. The lowest BCUT2D eigenvalue weighted by atomic mass is 10.1. The Morgan fingerprint density at radius 3 is 2.71 bits per heavy atom. The van der Waals surface area contributed by atoms with Crippen molar-refractivity contribution in [3.05, 3.63) is 70.5 Å². The van der Waals surface area contributed by atoms with Crippen LogP contribution in [0, 0.1) is 10.1 Å². The van der Waals surface area contributed by atoms with E-state index in [4.69, 9.17) is 0 Å². The highest BCUT2D eigenvalue weighted by atomic mass is 16.6. The lowest BCUT2D eigenvalue weighted by Crippen LogP contribution is -2.12. The van der Waals surface area contributed by atoms with E-state index in [9.17, 15) is 14.9 Å². The quantitative estimate of drug-likeness (QED) is 0.587. The molecule has 3 rings (SSSR count). The van der Waals surface area contributed by atoms with Crippen molar-refractivity contribution in [1.82, 2.24) is 14.8 Å². The Morgan fingerprint density at radius 1 is 1.21 bits per heavy atom. The Hall–Kier alpha value is -3.55. The molecule has 8 heteroatoms. The van der Waals surface area contributed by atoms with Gasteiger partial charge in [0, 0.05) is 36.0 Å². The normalized spacial score (nSPS) is 10.4. The van der Waals surface area contributed by atoms with Crippen LogP contribution >= 0.6 is 0 Å². The van der Waals surface area contributed by atoms with Crippen LogP contribution in [0.25, 0.3) is 11.4 Å². The predicted octanol–water partition coefficient (Wildman–Crippen LogP) is 2.64. The fraction of sp³-hybridized carbons (Fsp3) is 0.0625. The summed E-state index contributed by atoms with van der Waals surface area (Å²) >= 11 is 0. The SMILES string of the molecule is Cn1cnnc1-c1cccc(NC(=O)c2cccc([N+](=O)[O-])c2)c1. The Morgan fingerprint density at radius 2 is 2.00 bits per heavy atom. The fourth-order valence-electron chi connectivity index (χ4n) is 2.24. The number of nitro benzene ring substituents is 1. The van der Waals surface area contributed by atoms with Crippen LogP contribution < -0.4 is 5.32 Å². The third-order valence-electron chi connectivity index (χ3n) is 3.41. The van der Waals surface area contributed by atoms with Gasteiger partial charge in [0.1, 0.15) is 6.33 Å². The minimum Gasteiger partial charge on any atom is -0.322 e. The summed E-state index contributed by atoms with van der Waals surface area (Å²) in [5.41, 5.74) is 1.45. The molecule has 0 atom stereocenters. The standard InChI is InChI=1S/C16H13N5O3/c1-20-10-17-19-15(20)11-4-2-6-13(8-11)18-16(22)12-5-3-7-14(9-12)21(23)24/h2-10H,1H3,(H,18,22). The van der Waals surface area contributed by atoms with E-state index in [0.717, 1.165) is 5.56 Å². The number of aromatic nitrogens is 3. The van der Waals surface area contributed by atoms with Gasteiger partial charge < -0.3 is 9.88 Å². The highest BCUT2D eigenvalue weighted by molar-refractivity contribution is 6.04. The fourth-order valence-corrected chi connectivity index (χ4v) is 2.24. The second-order valence-electron chi connectivity index (χ2n) is 5.11. The van der Waals surface area contributed by atoms with E-state index in [1.54, 1.807) is 29.1 Å². The molecule has 1 aromatic heterocycles. The van der Waals surface area contributed by atoms with Crippen LogP contribution in [-0.4, -0.2) is 25.6 Å². The summed E-state index contributed by atoms with van der Waals surface area (Å²) in [5.74, 6) is 0.246. The van der Waals surface area contributed by atoms with Crippen molar-refractivity contribution in [2.45, 2.75) is 0 Å². The molecule has 8 nitrogen and oxygen atoms in total. The maximum atomic E-state index is 12.3. The molecular weight excluding hydrogens is 310 g/mol. The average Bonchev–Trinajstić information content (AvgIpc) is 3.01. The van der Waals surface area contributed by atoms with Crippen molar-refractivity contribution in [1.29, 1.82) is 0 Å². The Bertz CT molecular complexity index is 919. The molecule has 0 aliphatic heterocycles. The van der Waals surface area contributed by atoms with Gasteiger partial charge in [-0.3, -0.25) is 14.9 Å². The molecule has 1 amide bonds. The van der Waals surface area contributed by atoms with Gasteiger partial charge in [-0.1, -0.05) is 18.2 Å². The van der Waals surface area contributed by atoms with Crippen molar-refractivity contribution in [2.24, 2.45) is 7.05 Å². The number of non-ortho nitro benzene ring substituents is 1. The first kappa shape index (κ1) is 15.3. The molecule has 1 N–H and O–H groups in total. The van der Waals surface area contributed by atoms with Crippen molar-refractivity contribution in [3.63, 3.8) is 0 Å². The minimum atomic E-state index is -0.536. The Labute approximate surface area is 136 Å².